The van der Waals surface area contributed by atoms with Gasteiger partial charge in [0.05, 0.1) is 18.2 Å². The number of halogens is 3. The van der Waals surface area contributed by atoms with Gasteiger partial charge in [-0.15, -0.1) is 0 Å². The molecule has 0 heterocycles. The number of hydrogen-bond donors (Lipinski definition) is 4. The summed E-state index contributed by atoms with van der Waals surface area (Å²) < 4.78 is 38.2. The van der Waals surface area contributed by atoms with E-state index in [9.17, 15) is 22.8 Å². The Bertz CT molecular complexity index is 825. The number of amides is 3. The maximum absolute atomic E-state index is 12.7. The van der Waals surface area contributed by atoms with Gasteiger partial charge in [-0.2, -0.15) is 13.2 Å². The van der Waals surface area contributed by atoms with Crippen molar-refractivity contribution in [2.75, 3.05) is 17.2 Å². The van der Waals surface area contributed by atoms with Crippen LogP contribution in [-0.2, 0) is 6.18 Å². The second kappa shape index (κ2) is 8.54. The Morgan fingerprint density at radius 2 is 1.67 bits per heavy atom. The molecular formula is C18H18F3N3O3. The first-order valence-electron chi connectivity index (χ1n) is 7.96. The van der Waals surface area contributed by atoms with E-state index in [1.807, 2.05) is 0 Å². The Hall–Kier alpha value is -3.07. The van der Waals surface area contributed by atoms with Crippen molar-refractivity contribution >= 4 is 23.3 Å². The molecule has 0 fully saturated rings. The smallest absolute Gasteiger partial charge is 0.394 e. The lowest BCUT2D eigenvalue weighted by molar-refractivity contribution is -0.137. The molecule has 0 aliphatic heterocycles. The summed E-state index contributed by atoms with van der Waals surface area (Å²) in [5, 5.41) is 16.3. The van der Waals surface area contributed by atoms with Gasteiger partial charge < -0.3 is 21.1 Å². The summed E-state index contributed by atoms with van der Waals surface area (Å²) in [5.41, 5.74) is -0.400. The van der Waals surface area contributed by atoms with E-state index in [0.717, 1.165) is 12.1 Å². The molecule has 0 radical (unpaired) electrons. The number of nitrogens with one attached hydrogen (secondary N) is 3. The fraction of sp³-hybridized carbons (Fsp3) is 0.222. The Morgan fingerprint density at radius 1 is 1.04 bits per heavy atom. The molecule has 0 saturated heterocycles. The number of carbonyl (C=O) groups excluding carboxylic acids is 2. The third-order valence-electron chi connectivity index (χ3n) is 3.48. The van der Waals surface area contributed by atoms with Gasteiger partial charge in [0, 0.05) is 16.9 Å². The molecule has 2 aromatic carbocycles. The van der Waals surface area contributed by atoms with Gasteiger partial charge in [0.2, 0.25) is 0 Å². The Balaban J connectivity index is 2.08. The second-order valence-electron chi connectivity index (χ2n) is 5.80. The second-order valence-corrected chi connectivity index (χ2v) is 5.80. The Kier molecular flexibility index (Phi) is 6.40. The number of anilines is 2. The van der Waals surface area contributed by atoms with E-state index >= 15 is 0 Å². The zero-order chi connectivity index (χ0) is 20.0. The molecule has 6 nitrogen and oxygen atoms in total. The van der Waals surface area contributed by atoms with Crippen LogP contribution in [0, 0.1) is 0 Å². The molecule has 0 spiro atoms. The minimum Gasteiger partial charge on any atom is -0.394 e. The fourth-order valence-corrected chi connectivity index (χ4v) is 2.15. The van der Waals surface area contributed by atoms with E-state index in [-0.39, 0.29) is 17.9 Å². The highest BCUT2D eigenvalue weighted by Gasteiger charge is 2.30. The number of aliphatic hydroxyl groups is 1. The van der Waals surface area contributed by atoms with E-state index in [4.69, 9.17) is 5.11 Å². The number of urea groups is 1. The van der Waals surface area contributed by atoms with Crippen molar-refractivity contribution in [3.05, 3.63) is 59.7 Å². The van der Waals surface area contributed by atoms with Crippen LogP contribution in [0.3, 0.4) is 0 Å². The highest BCUT2D eigenvalue weighted by atomic mass is 19.4. The van der Waals surface area contributed by atoms with Crippen LogP contribution >= 0.6 is 0 Å². The van der Waals surface area contributed by atoms with Gasteiger partial charge in [0.15, 0.2) is 0 Å². The molecule has 4 N–H and O–H groups in total. The SMILES string of the molecule is C[C@@H](CO)NC(=O)Nc1cccc(C(=O)Nc2cccc(C(F)(F)F)c2)c1. The Labute approximate surface area is 153 Å². The predicted octanol–water partition coefficient (Wildman–Crippen LogP) is 3.46. The van der Waals surface area contributed by atoms with Crippen molar-refractivity contribution < 1.29 is 27.9 Å². The van der Waals surface area contributed by atoms with Gasteiger partial charge in [-0.05, 0) is 43.3 Å². The number of rotatable bonds is 5. The van der Waals surface area contributed by atoms with Crippen LogP contribution in [0.4, 0.5) is 29.3 Å². The maximum atomic E-state index is 12.7. The topological polar surface area (TPSA) is 90.5 Å². The van der Waals surface area contributed by atoms with Crippen molar-refractivity contribution in [3.8, 4) is 0 Å². The molecular weight excluding hydrogens is 363 g/mol. The van der Waals surface area contributed by atoms with Crippen LogP contribution in [0.5, 0.6) is 0 Å². The predicted molar refractivity (Wildman–Crippen MR) is 94.5 cm³/mol. The van der Waals surface area contributed by atoms with Crippen LogP contribution in [0.2, 0.25) is 0 Å². The van der Waals surface area contributed by atoms with Crippen LogP contribution in [0.1, 0.15) is 22.8 Å². The summed E-state index contributed by atoms with van der Waals surface area (Å²) in [6, 6.07) is 9.19. The van der Waals surface area contributed by atoms with Crippen molar-refractivity contribution in [2.24, 2.45) is 0 Å². The van der Waals surface area contributed by atoms with Crippen molar-refractivity contribution in [1.82, 2.24) is 5.32 Å². The standard InChI is InChI=1S/C18H18F3N3O3/c1-11(10-25)22-17(27)24-14-6-2-4-12(8-14)16(26)23-15-7-3-5-13(9-15)18(19,20)21/h2-9,11,25H,10H2,1H3,(H,23,26)(H2,22,24,27)/t11-/m0/s1. The zero-order valence-electron chi connectivity index (χ0n) is 14.3. The van der Waals surface area contributed by atoms with Crippen molar-refractivity contribution in [3.63, 3.8) is 0 Å². The minimum atomic E-state index is -4.51. The van der Waals surface area contributed by atoms with Gasteiger partial charge in [-0.25, -0.2) is 4.79 Å². The highest BCUT2D eigenvalue weighted by Crippen LogP contribution is 2.30. The quantitative estimate of drug-likeness (QED) is 0.639. The number of alkyl halides is 3. The van der Waals surface area contributed by atoms with Gasteiger partial charge in [0.1, 0.15) is 0 Å². The first-order chi connectivity index (χ1) is 12.7. The zero-order valence-corrected chi connectivity index (χ0v) is 14.3. The third kappa shape index (κ3) is 6.00. The monoisotopic (exact) mass is 381 g/mol. The van der Waals surface area contributed by atoms with Crippen LogP contribution in [0.15, 0.2) is 48.5 Å². The molecule has 3 amide bonds. The summed E-state index contributed by atoms with van der Waals surface area (Å²) >= 11 is 0. The van der Waals surface area contributed by atoms with Gasteiger partial charge in [-0.1, -0.05) is 12.1 Å². The van der Waals surface area contributed by atoms with E-state index in [2.05, 4.69) is 16.0 Å². The summed E-state index contributed by atoms with van der Waals surface area (Å²) in [5.74, 6) is -0.623. The molecule has 2 aromatic rings. The van der Waals surface area contributed by atoms with Crippen LogP contribution < -0.4 is 16.0 Å². The Morgan fingerprint density at radius 3 is 2.30 bits per heavy atom. The molecule has 0 bridgehead atoms. The van der Waals surface area contributed by atoms with E-state index in [1.54, 1.807) is 13.0 Å². The van der Waals surface area contributed by atoms with Crippen molar-refractivity contribution in [2.45, 2.75) is 19.1 Å². The average Bonchev–Trinajstić information content (AvgIpc) is 2.61. The number of aliphatic hydroxyl groups excluding tert-OH is 1. The highest BCUT2D eigenvalue weighted by molar-refractivity contribution is 6.05. The molecule has 9 heteroatoms. The molecule has 1 atom stereocenters. The number of carbonyl (C=O) groups is 2. The van der Waals surface area contributed by atoms with Gasteiger partial charge in [0.25, 0.3) is 5.91 Å². The minimum absolute atomic E-state index is 0.00250. The van der Waals surface area contributed by atoms with Crippen LogP contribution in [0.25, 0.3) is 0 Å². The molecule has 27 heavy (non-hydrogen) atoms. The number of hydrogen-bond acceptors (Lipinski definition) is 3. The molecule has 0 aliphatic carbocycles. The summed E-state index contributed by atoms with van der Waals surface area (Å²) in [4.78, 5) is 24.0. The summed E-state index contributed by atoms with van der Waals surface area (Å²) in [7, 11) is 0. The maximum Gasteiger partial charge on any atom is 0.416 e. The normalized spacial score (nSPS) is 12.2. The first kappa shape index (κ1) is 20.2. The van der Waals surface area contributed by atoms with E-state index in [1.165, 1.54) is 30.3 Å². The lowest BCUT2D eigenvalue weighted by Crippen LogP contribution is -2.38. The first-order valence-corrected chi connectivity index (χ1v) is 7.96. The number of benzene rings is 2. The fourth-order valence-electron chi connectivity index (χ4n) is 2.15. The molecule has 0 aliphatic rings. The van der Waals surface area contributed by atoms with E-state index in [0.29, 0.717) is 5.69 Å². The molecule has 0 unspecified atom stereocenters. The lowest BCUT2D eigenvalue weighted by atomic mass is 10.1. The summed E-state index contributed by atoms with van der Waals surface area (Å²) in [6.45, 7) is 1.38. The average molecular weight is 381 g/mol. The van der Waals surface area contributed by atoms with Crippen LogP contribution in [-0.4, -0.2) is 29.7 Å². The molecule has 2 rings (SSSR count). The lowest BCUT2D eigenvalue weighted by Gasteiger charge is -2.13. The van der Waals surface area contributed by atoms with Crippen molar-refractivity contribution in [1.29, 1.82) is 0 Å². The van der Waals surface area contributed by atoms with Gasteiger partial charge in [-0.3, -0.25) is 4.79 Å². The third-order valence-corrected chi connectivity index (χ3v) is 3.48. The summed E-state index contributed by atoms with van der Waals surface area (Å²) in [6.07, 6.45) is -4.51. The van der Waals surface area contributed by atoms with E-state index < -0.39 is 29.7 Å². The van der Waals surface area contributed by atoms with Gasteiger partial charge >= 0.3 is 12.2 Å². The molecule has 144 valence electrons. The largest absolute Gasteiger partial charge is 0.416 e. The molecule has 0 saturated carbocycles. The molecule has 0 aromatic heterocycles.